The summed E-state index contributed by atoms with van der Waals surface area (Å²) < 4.78 is 0. The Hall–Kier alpha value is 0. The van der Waals surface area contributed by atoms with Gasteiger partial charge in [-0.2, -0.15) is 0 Å². The summed E-state index contributed by atoms with van der Waals surface area (Å²) in [6, 6.07) is 0. The van der Waals surface area contributed by atoms with Crippen molar-refractivity contribution in [2.45, 2.75) is 227 Å². The van der Waals surface area contributed by atoms with E-state index in [4.69, 9.17) is 0 Å². The zero-order chi connectivity index (χ0) is 27.1. The van der Waals surface area contributed by atoms with Crippen LogP contribution in [0.2, 0.25) is 0 Å². The number of hydrogen-bond acceptors (Lipinski definition) is 0. The lowest BCUT2D eigenvalue weighted by Gasteiger charge is -2.11. The molecule has 0 nitrogen and oxygen atoms in total. The van der Waals surface area contributed by atoms with Crippen LogP contribution in [0, 0.1) is 11.8 Å². The lowest BCUT2D eigenvalue weighted by atomic mass is 9.95. The van der Waals surface area contributed by atoms with E-state index in [0.717, 1.165) is 11.8 Å². The molecule has 0 aromatic heterocycles. The maximum absolute atomic E-state index is 2.51. The molecule has 0 saturated carbocycles. The molecule has 0 aliphatic carbocycles. The summed E-state index contributed by atoms with van der Waals surface area (Å²) in [6.45, 7) is 9.53. The van der Waals surface area contributed by atoms with Gasteiger partial charge in [-0.1, -0.05) is 227 Å². The number of hydrogen-bond donors (Lipinski definition) is 0. The average molecular weight is 521 g/mol. The van der Waals surface area contributed by atoms with Crippen LogP contribution in [-0.4, -0.2) is 0 Å². The molecule has 0 saturated heterocycles. The van der Waals surface area contributed by atoms with Crippen LogP contribution in [0.15, 0.2) is 0 Å². The molecule has 0 aromatic carbocycles. The molecular formula is C37H76. The molecule has 0 aromatic rings. The highest BCUT2D eigenvalue weighted by molar-refractivity contribution is 4.57. The monoisotopic (exact) mass is 521 g/mol. The zero-order valence-electron chi connectivity index (χ0n) is 27.1. The van der Waals surface area contributed by atoms with E-state index in [1.807, 2.05) is 0 Å². The first kappa shape index (κ1) is 37.0. The van der Waals surface area contributed by atoms with E-state index in [0.29, 0.717) is 0 Å². The number of rotatable bonds is 32. The second-order valence-electron chi connectivity index (χ2n) is 13.0. The quantitative estimate of drug-likeness (QED) is 0.0773. The fraction of sp³-hybridized carbons (Fsp3) is 1.00. The Morgan fingerprint density at radius 1 is 0.297 bits per heavy atom. The smallest absolute Gasteiger partial charge is 0.0420 e. The molecule has 224 valence electrons. The van der Waals surface area contributed by atoms with Gasteiger partial charge in [0.2, 0.25) is 0 Å². The van der Waals surface area contributed by atoms with Gasteiger partial charge in [-0.25, -0.2) is 0 Å². The van der Waals surface area contributed by atoms with E-state index in [1.165, 1.54) is 199 Å². The summed E-state index contributed by atoms with van der Waals surface area (Å²) in [5.41, 5.74) is 0. The Morgan fingerprint density at radius 2 is 0.541 bits per heavy atom. The molecule has 0 bridgehead atoms. The van der Waals surface area contributed by atoms with Crippen molar-refractivity contribution >= 4 is 0 Å². The molecule has 37 heavy (non-hydrogen) atoms. The van der Waals surface area contributed by atoms with Crippen molar-refractivity contribution in [2.75, 3.05) is 0 Å². The van der Waals surface area contributed by atoms with E-state index in [-0.39, 0.29) is 0 Å². The minimum Gasteiger partial charge on any atom is -0.0654 e. The van der Waals surface area contributed by atoms with Gasteiger partial charge in [-0.3, -0.25) is 0 Å². The minimum absolute atomic E-state index is 0.965. The fourth-order valence-corrected chi connectivity index (χ4v) is 6.22. The summed E-state index contributed by atoms with van der Waals surface area (Å²) >= 11 is 0. The third-order valence-corrected chi connectivity index (χ3v) is 9.26. The van der Waals surface area contributed by atoms with Crippen LogP contribution >= 0.6 is 0 Å². The second kappa shape index (κ2) is 32.2. The van der Waals surface area contributed by atoms with Gasteiger partial charge >= 0.3 is 0 Å². The van der Waals surface area contributed by atoms with Gasteiger partial charge in [-0.05, 0) is 11.8 Å². The summed E-state index contributed by atoms with van der Waals surface area (Å²) in [5.74, 6) is 1.96. The normalized spacial score (nSPS) is 12.6. The van der Waals surface area contributed by atoms with Crippen molar-refractivity contribution in [3.63, 3.8) is 0 Å². The summed E-state index contributed by atoms with van der Waals surface area (Å²) in [7, 11) is 0. The first-order valence-corrected chi connectivity index (χ1v) is 18.2. The van der Waals surface area contributed by atoms with Gasteiger partial charge < -0.3 is 0 Å². The standard InChI is InChI=1S/C37H76/c1-5-8-9-10-11-12-13-14-15-18-21-24-27-30-33-36(4)34-31-28-25-22-19-16-17-20-23-26-29-32-35-37(6-2)7-3/h36-37H,5-35H2,1-4H3. The van der Waals surface area contributed by atoms with Crippen molar-refractivity contribution < 1.29 is 0 Å². The molecule has 0 N–H and O–H groups in total. The van der Waals surface area contributed by atoms with Crippen LogP contribution in [0.25, 0.3) is 0 Å². The maximum Gasteiger partial charge on any atom is -0.0420 e. The van der Waals surface area contributed by atoms with Crippen LogP contribution in [-0.2, 0) is 0 Å². The van der Waals surface area contributed by atoms with Crippen molar-refractivity contribution in [3.8, 4) is 0 Å². The minimum atomic E-state index is 0.965. The van der Waals surface area contributed by atoms with E-state index >= 15 is 0 Å². The van der Waals surface area contributed by atoms with E-state index < -0.39 is 0 Å². The molecule has 0 spiro atoms. The molecular weight excluding hydrogens is 444 g/mol. The largest absolute Gasteiger partial charge is 0.0654 e. The topological polar surface area (TPSA) is 0 Å². The highest BCUT2D eigenvalue weighted by Gasteiger charge is 2.03. The van der Waals surface area contributed by atoms with Crippen molar-refractivity contribution in [1.82, 2.24) is 0 Å². The third kappa shape index (κ3) is 30.4. The lowest BCUT2D eigenvalue weighted by Crippen LogP contribution is -1.96. The van der Waals surface area contributed by atoms with Crippen LogP contribution in [0.4, 0.5) is 0 Å². The van der Waals surface area contributed by atoms with Crippen LogP contribution in [0.1, 0.15) is 227 Å². The van der Waals surface area contributed by atoms with Crippen molar-refractivity contribution in [1.29, 1.82) is 0 Å². The molecule has 0 heterocycles. The second-order valence-corrected chi connectivity index (χ2v) is 13.0. The predicted octanol–water partition coefficient (Wildman–Crippen LogP) is 14.4. The summed E-state index contributed by atoms with van der Waals surface area (Å²) in [4.78, 5) is 0. The lowest BCUT2D eigenvalue weighted by molar-refractivity contribution is 0.425. The van der Waals surface area contributed by atoms with Gasteiger partial charge in [0.05, 0.1) is 0 Å². The molecule has 0 amide bonds. The van der Waals surface area contributed by atoms with Crippen molar-refractivity contribution in [2.24, 2.45) is 11.8 Å². The Labute approximate surface area is 238 Å². The number of unbranched alkanes of at least 4 members (excludes halogenated alkanes) is 24. The maximum atomic E-state index is 2.51. The molecule has 1 atom stereocenters. The van der Waals surface area contributed by atoms with Crippen LogP contribution in [0.3, 0.4) is 0 Å². The Bertz CT molecular complexity index is 381. The molecule has 1 unspecified atom stereocenters. The molecule has 0 aliphatic rings. The van der Waals surface area contributed by atoms with E-state index in [9.17, 15) is 0 Å². The van der Waals surface area contributed by atoms with Crippen LogP contribution in [0.5, 0.6) is 0 Å². The van der Waals surface area contributed by atoms with Crippen molar-refractivity contribution in [3.05, 3.63) is 0 Å². The molecule has 0 radical (unpaired) electrons. The zero-order valence-corrected chi connectivity index (χ0v) is 27.1. The SMILES string of the molecule is CCCCCCCCCCCCCCCCC(C)CCCCCCCCCCCCCCC(CC)CC. The fourth-order valence-electron chi connectivity index (χ4n) is 6.22. The van der Waals surface area contributed by atoms with Gasteiger partial charge in [-0.15, -0.1) is 0 Å². The summed E-state index contributed by atoms with van der Waals surface area (Å²) in [5, 5.41) is 0. The third-order valence-electron chi connectivity index (χ3n) is 9.26. The first-order valence-electron chi connectivity index (χ1n) is 18.2. The molecule has 0 heteroatoms. The van der Waals surface area contributed by atoms with Gasteiger partial charge in [0.1, 0.15) is 0 Å². The molecule has 0 aliphatic heterocycles. The average Bonchev–Trinajstić information content (AvgIpc) is 2.91. The van der Waals surface area contributed by atoms with E-state index in [2.05, 4.69) is 27.7 Å². The Kier molecular flexibility index (Phi) is 32.2. The Morgan fingerprint density at radius 3 is 0.811 bits per heavy atom. The molecule has 0 rings (SSSR count). The Balaban J connectivity index is 3.17. The van der Waals surface area contributed by atoms with Crippen LogP contribution < -0.4 is 0 Å². The van der Waals surface area contributed by atoms with Gasteiger partial charge in [0, 0.05) is 0 Å². The molecule has 0 fully saturated rings. The summed E-state index contributed by atoms with van der Waals surface area (Å²) in [6.07, 6.45) is 45.7. The van der Waals surface area contributed by atoms with Gasteiger partial charge in [0.15, 0.2) is 0 Å². The van der Waals surface area contributed by atoms with E-state index in [1.54, 1.807) is 0 Å². The highest BCUT2D eigenvalue weighted by atomic mass is 14.1. The van der Waals surface area contributed by atoms with Gasteiger partial charge in [0.25, 0.3) is 0 Å². The first-order chi connectivity index (χ1) is 18.2. The predicted molar refractivity (Wildman–Crippen MR) is 173 cm³/mol. The highest BCUT2D eigenvalue weighted by Crippen LogP contribution is 2.20.